The van der Waals surface area contributed by atoms with Crippen LogP contribution in [0.3, 0.4) is 0 Å². The van der Waals surface area contributed by atoms with Crippen molar-refractivity contribution < 1.29 is 14.3 Å². The molecule has 0 saturated carbocycles. The summed E-state index contributed by atoms with van der Waals surface area (Å²) in [6.07, 6.45) is 0. The minimum atomic E-state index is -0.218. The van der Waals surface area contributed by atoms with Gasteiger partial charge in [-0.2, -0.15) is 0 Å². The molecule has 7 heteroatoms. The predicted molar refractivity (Wildman–Crippen MR) is 109 cm³/mol. The molecule has 2 aromatic rings. The zero-order valence-corrected chi connectivity index (χ0v) is 17.6. The molecule has 0 radical (unpaired) electrons. The Morgan fingerprint density at radius 3 is 2.54 bits per heavy atom. The summed E-state index contributed by atoms with van der Waals surface area (Å²) in [4.78, 5) is 15.0. The van der Waals surface area contributed by atoms with Crippen molar-refractivity contribution in [2.24, 2.45) is 0 Å². The first-order valence-electron chi connectivity index (χ1n) is 8.30. The van der Waals surface area contributed by atoms with Crippen molar-refractivity contribution in [3.63, 3.8) is 0 Å². The minimum Gasteiger partial charge on any atom is -0.495 e. The van der Waals surface area contributed by atoms with Gasteiger partial charge in [-0.05, 0) is 45.8 Å². The van der Waals surface area contributed by atoms with Gasteiger partial charge in [0, 0.05) is 29.8 Å². The fourth-order valence-corrected chi connectivity index (χ4v) is 4.23. The topological polar surface area (TPSA) is 50.8 Å². The average molecular weight is 484 g/mol. The SMILES string of the molecule is COc1c(Br)cc(Br)cc1C(=O)Nc1ccc(CN2CCOCC2)cc1. The number of carbonyl (C=O) groups excluding carboxylic acids is 1. The van der Waals surface area contributed by atoms with Gasteiger partial charge in [-0.25, -0.2) is 0 Å². The molecular formula is C19H20Br2N2O3. The molecule has 26 heavy (non-hydrogen) atoms. The third-order valence-electron chi connectivity index (χ3n) is 4.18. The van der Waals surface area contributed by atoms with Crippen LogP contribution >= 0.6 is 31.9 Å². The highest BCUT2D eigenvalue weighted by atomic mass is 79.9. The van der Waals surface area contributed by atoms with E-state index in [1.54, 1.807) is 13.2 Å². The van der Waals surface area contributed by atoms with E-state index in [4.69, 9.17) is 9.47 Å². The van der Waals surface area contributed by atoms with Gasteiger partial charge >= 0.3 is 0 Å². The van der Waals surface area contributed by atoms with E-state index in [0.717, 1.165) is 47.5 Å². The Morgan fingerprint density at radius 2 is 1.88 bits per heavy atom. The lowest BCUT2D eigenvalue weighted by Crippen LogP contribution is -2.35. The normalized spacial score (nSPS) is 14.9. The number of nitrogens with one attached hydrogen (secondary N) is 1. The molecule has 138 valence electrons. The molecule has 2 aromatic carbocycles. The Kier molecular flexibility index (Phi) is 6.69. The molecule has 1 heterocycles. The van der Waals surface area contributed by atoms with E-state index in [0.29, 0.717) is 11.3 Å². The third kappa shape index (κ3) is 4.85. The van der Waals surface area contributed by atoms with Gasteiger partial charge in [0.2, 0.25) is 0 Å². The number of methoxy groups -OCH3 is 1. The summed E-state index contributed by atoms with van der Waals surface area (Å²) in [6.45, 7) is 4.38. The quantitative estimate of drug-likeness (QED) is 0.688. The largest absolute Gasteiger partial charge is 0.495 e. The maximum Gasteiger partial charge on any atom is 0.259 e. The molecule has 0 unspecified atom stereocenters. The number of amides is 1. The predicted octanol–water partition coefficient (Wildman–Crippen LogP) is 4.30. The molecule has 0 bridgehead atoms. The van der Waals surface area contributed by atoms with Crippen molar-refractivity contribution >= 4 is 43.5 Å². The Labute approximate surface area is 169 Å². The first kappa shape index (κ1) is 19.4. The molecule has 1 amide bonds. The summed E-state index contributed by atoms with van der Waals surface area (Å²) < 4.78 is 12.2. The van der Waals surface area contributed by atoms with Crippen LogP contribution in [0.1, 0.15) is 15.9 Å². The molecular weight excluding hydrogens is 464 g/mol. The van der Waals surface area contributed by atoms with Gasteiger partial charge in [0.1, 0.15) is 5.75 Å². The van der Waals surface area contributed by atoms with Crippen molar-refractivity contribution in [1.29, 1.82) is 0 Å². The molecule has 0 aliphatic carbocycles. The molecule has 1 N–H and O–H groups in total. The van der Waals surface area contributed by atoms with Crippen LogP contribution in [-0.4, -0.2) is 44.2 Å². The van der Waals surface area contributed by atoms with Crippen LogP contribution in [0.5, 0.6) is 5.75 Å². The zero-order chi connectivity index (χ0) is 18.5. The lowest BCUT2D eigenvalue weighted by Gasteiger charge is -2.26. The van der Waals surface area contributed by atoms with E-state index in [9.17, 15) is 4.79 Å². The average Bonchev–Trinajstić information content (AvgIpc) is 2.63. The number of carbonyl (C=O) groups is 1. The van der Waals surface area contributed by atoms with Crippen LogP contribution < -0.4 is 10.1 Å². The number of ether oxygens (including phenoxy) is 2. The Morgan fingerprint density at radius 1 is 1.19 bits per heavy atom. The van der Waals surface area contributed by atoms with E-state index < -0.39 is 0 Å². The molecule has 1 saturated heterocycles. The highest BCUT2D eigenvalue weighted by Gasteiger charge is 2.17. The number of nitrogens with zero attached hydrogens (tertiary/aromatic N) is 1. The van der Waals surface area contributed by atoms with Crippen molar-refractivity contribution in [3.05, 3.63) is 56.5 Å². The first-order chi connectivity index (χ1) is 12.6. The number of morpholine rings is 1. The van der Waals surface area contributed by atoms with Crippen LogP contribution in [0.4, 0.5) is 5.69 Å². The fourth-order valence-electron chi connectivity index (χ4n) is 2.85. The molecule has 5 nitrogen and oxygen atoms in total. The third-order valence-corrected chi connectivity index (χ3v) is 5.23. The standard InChI is InChI=1S/C19H20Br2N2O3/c1-25-18-16(10-14(20)11-17(18)21)19(24)22-15-4-2-13(3-5-15)12-23-6-8-26-9-7-23/h2-5,10-11H,6-9,12H2,1H3,(H,22,24). The van der Waals surface area contributed by atoms with Gasteiger partial charge in [-0.3, -0.25) is 9.69 Å². The van der Waals surface area contributed by atoms with Gasteiger partial charge < -0.3 is 14.8 Å². The Hall–Kier alpha value is -1.41. The molecule has 0 spiro atoms. The summed E-state index contributed by atoms with van der Waals surface area (Å²) in [5.74, 6) is 0.291. The highest BCUT2D eigenvalue weighted by Crippen LogP contribution is 2.33. The van der Waals surface area contributed by atoms with Crippen molar-refractivity contribution in [1.82, 2.24) is 4.90 Å². The van der Waals surface area contributed by atoms with Crippen LogP contribution in [0.15, 0.2) is 45.3 Å². The summed E-state index contributed by atoms with van der Waals surface area (Å²) in [6, 6.07) is 11.5. The monoisotopic (exact) mass is 482 g/mol. The summed E-state index contributed by atoms with van der Waals surface area (Å²) in [7, 11) is 1.55. The molecule has 3 rings (SSSR count). The second kappa shape index (κ2) is 8.99. The van der Waals surface area contributed by atoms with Crippen LogP contribution in [-0.2, 0) is 11.3 Å². The van der Waals surface area contributed by atoms with Crippen LogP contribution in [0.25, 0.3) is 0 Å². The Bertz CT molecular complexity index is 775. The molecule has 0 atom stereocenters. The van der Waals surface area contributed by atoms with E-state index in [1.807, 2.05) is 30.3 Å². The maximum absolute atomic E-state index is 12.6. The molecule has 1 aliphatic rings. The van der Waals surface area contributed by atoms with Gasteiger partial charge in [0.15, 0.2) is 0 Å². The summed E-state index contributed by atoms with van der Waals surface area (Å²) in [5, 5.41) is 2.92. The van der Waals surface area contributed by atoms with Crippen LogP contribution in [0, 0.1) is 0 Å². The van der Waals surface area contributed by atoms with E-state index >= 15 is 0 Å². The number of hydrogen-bond donors (Lipinski definition) is 1. The van der Waals surface area contributed by atoms with E-state index in [-0.39, 0.29) is 5.91 Å². The van der Waals surface area contributed by atoms with Gasteiger partial charge in [0.05, 0.1) is 30.4 Å². The van der Waals surface area contributed by atoms with Gasteiger partial charge in [-0.1, -0.05) is 28.1 Å². The number of halogens is 2. The molecule has 1 aliphatic heterocycles. The zero-order valence-electron chi connectivity index (χ0n) is 14.4. The molecule has 1 fully saturated rings. The fraction of sp³-hybridized carbons (Fsp3) is 0.316. The first-order valence-corrected chi connectivity index (χ1v) is 9.89. The second-order valence-electron chi connectivity index (χ2n) is 6.01. The van der Waals surface area contributed by atoms with E-state index in [2.05, 4.69) is 42.1 Å². The van der Waals surface area contributed by atoms with Gasteiger partial charge in [0.25, 0.3) is 5.91 Å². The second-order valence-corrected chi connectivity index (χ2v) is 7.78. The minimum absolute atomic E-state index is 0.218. The Balaban J connectivity index is 1.68. The van der Waals surface area contributed by atoms with Crippen LogP contribution in [0.2, 0.25) is 0 Å². The van der Waals surface area contributed by atoms with Crippen molar-refractivity contribution in [2.45, 2.75) is 6.54 Å². The van der Waals surface area contributed by atoms with E-state index in [1.165, 1.54) is 5.56 Å². The molecule has 0 aromatic heterocycles. The number of hydrogen-bond acceptors (Lipinski definition) is 4. The number of anilines is 1. The van der Waals surface area contributed by atoms with Crippen molar-refractivity contribution in [2.75, 3.05) is 38.7 Å². The number of rotatable bonds is 5. The summed E-state index contributed by atoms with van der Waals surface area (Å²) in [5.41, 5.74) is 2.43. The highest BCUT2D eigenvalue weighted by molar-refractivity contribution is 9.11. The summed E-state index contributed by atoms with van der Waals surface area (Å²) >= 11 is 6.83. The number of benzene rings is 2. The maximum atomic E-state index is 12.6. The lowest BCUT2D eigenvalue weighted by molar-refractivity contribution is 0.0342. The van der Waals surface area contributed by atoms with Crippen molar-refractivity contribution in [3.8, 4) is 5.75 Å². The smallest absolute Gasteiger partial charge is 0.259 e. The lowest BCUT2D eigenvalue weighted by atomic mass is 10.1. The van der Waals surface area contributed by atoms with Gasteiger partial charge in [-0.15, -0.1) is 0 Å².